The number of rotatable bonds is 4. The van der Waals surface area contributed by atoms with Gasteiger partial charge >= 0.3 is 0 Å². The van der Waals surface area contributed by atoms with Gasteiger partial charge in [0.1, 0.15) is 12.2 Å². The maximum atomic E-state index is 12.8. The van der Waals surface area contributed by atoms with Gasteiger partial charge in [0.15, 0.2) is 12.1 Å². The van der Waals surface area contributed by atoms with Crippen LogP contribution in [0.5, 0.6) is 0 Å². The van der Waals surface area contributed by atoms with Crippen LogP contribution in [-0.2, 0) is 0 Å². The van der Waals surface area contributed by atoms with Gasteiger partial charge in [0, 0.05) is 0 Å². The largest absolute Gasteiger partial charge is 0.394 e. The van der Waals surface area contributed by atoms with Crippen LogP contribution in [0.15, 0.2) is 12.3 Å². The van der Waals surface area contributed by atoms with E-state index < -0.39 is 24.6 Å². The molecule has 0 saturated carbocycles. The van der Waals surface area contributed by atoms with E-state index in [9.17, 15) is 14.3 Å². The van der Waals surface area contributed by atoms with E-state index in [1.165, 1.54) is 0 Å². The van der Waals surface area contributed by atoms with E-state index >= 15 is 0 Å². The van der Waals surface area contributed by atoms with Crippen molar-refractivity contribution in [3.63, 3.8) is 0 Å². The summed E-state index contributed by atoms with van der Waals surface area (Å²) in [5.74, 6) is -0.806. The Morgan fingerprint density at radius 3 is 2.73 bits per heavy atom. The molecule has 0 aliphatic carbocycles. The molecule has 1 heterocycles. The molecule has 1 aromatic rings. The highest BCUT2D eigenvalue weighted by molar-refractivity contribution is 5.75. The van der Waals surface area contributed by atoms with Crippen LogP contribution in [0.2, 0.25) is 0 Å². The summed E-state index contributed by atoms with van der Waals surface area (Å²) in [4.78, 5) is 13.9. The van der Waals surface area contributed by atoms with Crippen LogP contribution in [-0.4, -0.2) is 39.3 Å². The molecule has 0 saturated heterocycles. The predicted octanol–water partition coefficient (Wildman–Crippen LogP) is -0.580. The van der Waals surface area contributed by atoms with Gasteiger partial charge in [0.25, 0.3) is 0 Å². The molecule has 0 amide bonds. The lowest BCUT2D eigenvalue weighted by Gasteiger charge is -2.14. The van der Waals surface area contributed by atoms with Crippen molar-refractivity contribution in [1.82, 2.24) is 4.98 Å². The van der Waals surface area contributed by atoms with Crippen LogP contribution < -0.4 is 0 Å². The number of halogens is 1. The summed E-state index contributed by atoms with van der Waals surface area (Å²) in [7, 11) is 0. The number of aldehydes is 1. The fraction of sp³-hybridized carbons (Fsp3) is 0.333. The first-order valence-electron chi connectivity index (χ1n) is 4.17. The molecule has 82 valence electrons. The van der Waals surface area contributed by atoms with Gasteiger partial charge in [-0.3, -0.25) is 9.78 Å². The average molecular weight is 215 g/mol. The van der Waals surface area contributed by atoms with Crippen LogP contribution in [0, 0.1) is 5.82 Å². The minimum Gasteiger partial charge on any atom is -0.394 e. The Hall–Kier alpha value is -1.37. The fourth-order valence-corrected chi connectivity index (χ4v) is 1.02. The molecule has 2 atom stereocenters. The molecule has 5 nitrogen and oxygen atoms in total. The van der Waals surface area contributed by atoms with Crippen molar-refractivity contribution in [2.24, 2.45) is 0 Å². The van der Waals surface area contributed by atoms with Gasteiger partial charge in [-0.2, -0.15) is 0 Å². The van der Waals surface area contributed by atoms with Gasteiger partial charge in [-0.25, -0.2) is 4.39 Å². The number of aromatic nitrogens is 1. The van der Waals surface area contributed by atoms with Crippen molar-refractivity contribution >= 4 is 6.29 Å². The monoisotopic (exact) mass is 215 g/mol. The minimum absolute atomic E-state index is 0.0694. The highest BCUT2D eigenvalue weighted by atomic mass is 19.1. The summed E-state index contributed by atoms with van der Waals surface area (Å²) in [6.45, 7) is -0.656. The third-order valence-electron chi connectivity index (χ3n) is 1.89. The van der Waals surface area contributed by atoms with Crippen molar-refractivity contribution in [2.75, 3.05) is 6.61 Å². The number of nitrogens with zero attached hydrogens (tertiary/aromatic N) is 1. The molecule has 0 fully saturated rings. The Morgan fingerprint density at radius 2 is 2.20 bits per heavy atom. The highest BCUT2D eigenvalue weighted by Gasteiger charge is 2.19. The summed E-state index contributed by atoms with van der Waals surface area (Å²) in [5, 5.41) is 27.0. The lowest BCUT2D eigenvalue weighted by atomic mass is 10.1. The van der Waals surface area contributed by atoms with E-state index in [2.05, 4.69) is 4.98 Å². The molecule has 0 bridgehead atoms. The van der Waals surface area contributed by atoms with Crippen LogP contribution in [0.1, 0.15) is 22.2 Å². The molecule has 2 unspecified atom stereocenters. The molecule has 0 aliphatic heterocycles. The van der Waals surface area contributed by atoms with E-state index in [-0.39, 0.29) is 17.5 Å². The summed E-state index contributed by atoms with van der Waals surface area (Å²) in [6, 6.07) is 1.02. The average Bonchev–Trinajstić information content (AvgIpc) is 2.27. The van der Waals surface area contributed by atoms with Crippen molar-refractivity contribution in [1.29, 1.82) is 0 Å². The number of aliphatic hydroxyl groups is 3. The van der Waals surface area contributed by atoms with E-state index in [4.69, 9.17) is 10.2 Å². The number of hydrogen-bond acceptors (Lipinski definition) is 5. The van der Waals surface area contributed by atoms with Gasteiger partial charge in [0.2, 0.25) is 0 Å². The molecule has 1 aromatic heterocycles. The molecule has 3 N–H and O–H groups in total. The number of aliphatic hydroxyl groups excluding tert-OH is 3. The van der Waals surface area contributed by atoms with Gasteiger partial charge in [-0.15, -0.1) is 0 Å². The SMILES string of the molecule is O=Cc1cc(C(O)C(O)CO)ncc1F. The van der Waals surface area contributed by atoms with Crippen LogP contribution in [0.4, 0.5) is 4.39 Å². The topological polar surface area (TPSA) is 90.7 Å². The quantitative estimate of drug-likeness (QED) is 0.584. The first-order valence-corrected chi connectivity index (χ1v) is 4.17. The number of carbonyl (C=O) groups is 1. The Kier molecular flexibility index (Phi) is 3.84. The number of pyridine rings is 1. The molecular weight excluding hydrogens is 205 g/mol. The van der Waals surface area contributed by atoms with Crippen LogP contribution in [0.25, 0.3) is 0 Å². The first kappa shape index (κ1) is 11.7. The Balaban J connectivity index is 3.00. The third kappa shape index (κ3) is 2.56. The smallest absolute Gasteiger partial charge is 0.153 e. The third-order valence-corrected chi connectivity index (χ3v) is 1.89. The van der Waals surface area contributed by atoms with Crippen molar-refractivity contribution < 1.29 is 24.5 Å². The summed E-state index contributed by atoms with van der Waals surface area (Å²) < 4.78 is 12.8. The fourth-order valence-electron chi connectivity index (χ4n) is 1.02. The maximum absolute atomic E-state index is 12.8. The number of hydrogen-bond donors (Lipinski definition) is 3. The van der Waals surface area contributed by atoms with Crippen LogP contribution in [0.3, 0.4) is 0 Å². The summed E-state index contributed by atoms with van der Waals surface area (Å²) in [5.41, 5.74) is -0.329. The summed E-state index contributed by atoms with van der Waals surface area (Å²) >= 11 is 0. The lowest BCUT2D eigenvalue weighted by molar-refractivity contribution is -0.0173. The maximum Gasteiger partial charge on any atom is 0.153 e. The number of carbonyl (C=O) groups excluding carboxylic acids is 1. The molecule has 0 aliphatic rings. The Bertz CT molecular complexity index is 358. The zero-order valence-corrected chi connectivity index (χ0v) is 7.67. The standard InChI is InChI=1S/C9H10FNO4/c10-6-2-11-7(1-5(6)3-12)9(15)8(14)4-13/h1-3,8-9,13-15H,4H2. The second kappa shape index (κ2) is 4.92. The molecule has 0 radical (unpaired) electrons. The molecule has 0 aromatic carbocycles. The molecule has 0 spiro atoms. The minimum atomic E-state index is -1.45. The molecule has 6 heteroatoms. The van der Waals surface area contributed by atoms with Gasteiger partial charge in [0.05, 0.1) is 24.1 Å². The van der Waals surface area contributed by atoms with E-state index in [1.807, 2.05) is 0 Å². The summed E-state index contributed by atoms with van der Waals surface area (Å²) in [6.07, 6.45) is -1.82. The van der Waals surface area contributed by atoms with Crippen molar-refractivity contribution in [3.8, 4) is 0 Å². The van der Waals surface area contributed by atoms with E-state index in [1.54, 1.807) is 0 Å². The Labute approximate surface area is 84.8 Å². The second-order valence-electron chi connectivity index (χ2n) is 2.94. The van der Waals surface area contributed by atoms with Gasteiger partial charge < -0.3 is 15.3 Å². The highest BCUT2D eigenvalue weighted by Crippen LogP contribution is 2.16. The normalized spacial score (nSPS) is 14.7. The predicted molar refractivity (Wildman–Crippen MR) is 47.6 cm³/mol. The zero-order valence-electron chi connectivity index (χ0n) is 7.67. The second-order valence-corrected chi connectivity index (χ2v) is 2.94. The molecular formula is C9H10FNO4. The van der Waals surface area contributed by atoms with E-state index in [0.717, 1.165) is 12.3 Å². The van der Waals surface area contributed by atoms with Crippen molar-refractivity contribution in [3.05, 3.63) is 29.3 Å². The van der Waals surface area contributed by atoms with Crippen molar-refractivity contribution in [2.45, 2.75) is 12.2 Å². The Morgan fingerprint density at radius 1 is 1.53 bits per heavy atom. The van der Waals surface area contributed by atoms with E-state index in [0.29, 0.717) is 0 Å². The first-order chi connectivity index (χ1) is 7.10. The van der Waals surface area contributed by atoms with Crippen LogP contribution >= 0.6 is 0 Å². The lowest BCUT2D eigenvalue weighted by Crippen LogP contribution is -2.23. The van der Waals surface area contributed by atoms with Gasteiger partial charge in [-0.1, -0.05) is 0 Å². The van der Waals surface area contributed by atoms with Gasteiger partial charge in [-0.05, 0) is 6.07 Å². The zero-order chi connectivity index (χ0) is 11.4. The molecule has 1 rings (SSSR count). The molecule has 15 heavy (non-hydrogen) atoms.